The molecule has 1 saturated heterocycles. The molecule has 2 aromatic carbocycles. The maximum Gasteiger partial charge on any atom is 0.255 e. The van der Waals surface area contributed by atoms with Gasteiger partial charge in [0.1, 0.15) is 5.75 Å². The van der Waals surface area contributed by atoms with E-state index in [9.17, 15) is 9.59 Å². The molecule has 2 amide bonds. The molecule has 3 aromatic rings. The van der Waals surface area contributed by atoms with E-state index in [1.54, 1.807) is 36.5 Å². The fourth-order valence-electron chi connectivity index (χ4n) is 3.54. The van der Waals surface area contributed by atoms with E-state index < -0.39 is 0 Å². The van der Waals surface area contributed by atoms with Crippen molar-refractivity contribution in [2.75, 3.05) is 45.7 Å². The molecule has 7 heteroatoms. The van der Waals surface area contributed by atoms with Gasteiger partial charge in [0.2, 0.25) is 0 Å². The fraction of sp³-hybridized carbons (Fsp3) is 0.261. The number of nitrogens with zero attached hydrogens (tertiary/aromatic N) is 3. The number of rotatable bonds is 4. The van der Waals surface area contributed by atoms with E-state index in [0.29, 0.717) is 35.7 Å². The summed E-state index contributed by atoms with van der Waals surface area (Å²) < 4.78 is 5.39. The van der Waals surface area contributed by atoms with Gasteiger partial charge in [0.15, 0.2) is 0 Å². The van der Waals surface area contributed by atoms with Gasteiger partial charge in [-0.25, -0.2) is 0 Å². The number of piperazine rings is 1. The molecule has 1 aliphatic rings. The molecule has 0 saturated carbocycles. The molecule has 30 heavy (non-hydrogen) atoms. The summed E-state index contributed by atoms with van der Waals surface area (Å²) in [7, 11) is 3.58. The third-order valence-corrected chi connectivity index (χ3v) is 5.35. The Morgan fingerprint density at radius 1 is 1.00 bits per heavy atom. The summed E-state index contributed by atoms with van der Waals surface area (Å²) in [5.74, 6) is 0.182. The van der Waals surface area contributed by atoms with Crippen LogP contribution in [-0.4, -0.2) is 66.9 Å². The largest absolute Gasteiger partial charge is 0.495 e. The molecular formula is C23H24N4O3. The number of carbonyl (C=O) groups is 2. The smallest absolute Gasteiger partial charge is 0.255 e. The molecule has 1 aliphatic heterocycles. The Morgan fingerprint density at radius 2 is 1.77 bits per heavy atom. The van der Waals surface area contributed by atoms with Gasteiger partial charge >= 0.3 is 0 Å². The van der Waals surface area contributed by atoms with Gasteiger partial charge in [-0.2, -0.15) is 0 Å². The summed E-state index contributed by atoms with van der Waals surface area (Å²) in [5, 5.41) is 3.77. The van der Waals surface area contributed by atoms with Crippen LogP contribution in [0.15, 0.2) is 54.7 Å². The Kier molecular flexibility index (Phi) is 5.63. The van der Waals surface area contributed by atoms with Gasteiger partial charge in [0.05, 0.1) is 18.3 Å². The predicted octanol–water partition coefficient (Wildman–Crippen LogP) is 2.88. The van der Waals surface area contributed by atoms with Crippen LogP contribution in [-0.2, 0) is 0 Å². The summed E-state index contributed by atoms with van der Waals surface area (Å²) >= 11 is 0. The molecule has 0 radical (unpaired) electrons. The second-order valence-electron chi connectivity index (χ2n) is 7.38. The van der Waals surface area contributed by atoms with Crippen molar-refractivity contribution in [3.8, 4) is 5.75 Å². The second-order valence-corrected chi connectivity index (χ2v) is 7.38. The van der Waals surface area contributed by atoms with Gasteiger partial charge in [-0.3, -0.25) is 14.6 Å². The highest BCUT2D eigenvalue weighted by Gasteiger charge is 2.22. The first-order valence-corrected chi connectivity index (χ1v) is 9.87. The fourth-order valence-corrected chi connectivity index (χ4v) is 3.54. The summed E-state index contributed by atoms with van der Waals surface area (Å²) in [6.07, 6.45) is 1.72. The number of hydrogen-bond donors (Lipinski definition) is 1. The van der Waals surface area contributed by atoms with Crippen molar-refractivity contribution in [1.29, 1.82) is 0 Å². The van der Waals surface area contributed by atoms with E-state index in [2.05, 4.69) is 15.2 Å². The van der Waals surface area contributed by atoms with Gasteiger partial charge in [-0.05, 0) is 49.5 Å². The molecule has 0 atom stereocenters. The Balaban J connectivity index is 1.57. The van der Waals surface area contributed by atoms with Crippen LogP contribution in [0.3, 0.4) is 0 Å². The Labute approximate surface area is 175 Å². The lowest BCUT2D eigenvalue weighted by atomic mass is 10.1. The lowest BCUT2D eigenvalue weighted by molar-refractivity contribution is 0.0664. The average molecular weight is 404 g/mol. The SMILES string of the molecule is COc1ccc(C(=O)N2CCN(C)CC2)cc1NC(=O)c1ccc2ncccc2c1. The maximum atomic E-state index is 12.9. The van der Waals surface area contributed by atoms with Crippen LogP contribution in [0.4, 0.5) is 5.69 Å². The zero-order valence-corrected chi connectivity index (χ0v) is 17.1. The van der Waals surface area contributed by atoms with Crippen molar-refractivity contribution in [2.45, 2.75) is 0 Å². The normalized spacial score (nSPS) is 14.5. The molecular weight excluding hydrogens is 380 g/mol. The van der Waals surface area contributed by atoms with E-state index in [4.69, 9.17) is 4.74 Å². The summed E-state index contributed by atoms with van der Waals surface area (Å²) in [6, 6.07) is 14.2. The molecule has 7 nitrogen and oxygen atoms in total. The van der Waals surface area contributed by atoms with Crippen molar-refractivity contribution in [3.05, 3.63) is 65.9 Å². The van der Waals surface area contributed by atoms with Crippen molar-refractivity contribution in [3.63, 3.8) is 0 Å². The number of methoxy groups -OCH3 is 1. The molecule has 4 rings (SSSR count). The maximum absolute atomic E-state index is 12.9. The standard InChI is InChI=1S/C23H24N4O3/c1-26-10-12-27(13-11-26)23(29)18-6-8-21(30-2)20(15-18)25-22(28)17-5-7-19-16(14-17)4-3-9-24-19/h3-9,14-15H,10-13H2,1-2H3,(H,25,28). The highest BCUT2D eigenvalue weighted by atomic mass is 16.5. The number of fused-ring (bicyclic) bond motifs is 1. The van der Waals surface area contributed by atoms with E-state index in [-0.39, 0.29) is 11.8 Å². The summed E-state index contributed by atoms with van der Waals surface area (Å²) in [6.45, 7) is 3.08. The molecule has 0 aliphatic carbocycles. The summed E-state index contributed by atoms with van der Waals surface area (Å²) in [4.78, 5) is 34.1. The zero-order chi connectivity index (χ0) is 21.1. The topological polar surface area (TPSA) is 74.8 Å². The zero-order valence-electron chi connectivity index (χ0n) is 17.1. The van der Waals surface area contributed by atoms with Crippen LogP contribution >= 0.6 is 0 Å². The molecule has 0 bridgehead atoms. The third kappa shape index (κ3) is 4.11. The van der Waals surface area contributed by atoms with Crippen LogP contribution in [0.1, 0.15) is 20.7 Å². The van der Waals surface area contributed by atoms with Crippen LogP contribution in [0.2, 0.25) is 0 Å². The molecule has 2 heterocycles. The minimum atomic E-state index is -0.275. The van der Waals surface area contributed by atoms with Crippen LogP contribution < -0.4 is 10.1 Å². The Bertz CT molecular complexity index is 1090. The number of amides is 2. The van der Waals surface area contributed by atoms with Crippen molar-refractivity contribution in [2.24, 2.45) is 0 Å². The number of carbonyl (C=O) groups excluding carboxylic acids is 2. The first-order chi connectivity index (χ1) is 14.5. The van der Waals surface area contributed by atoms with Crippen LogP contribution in [0, 0.1) is 0 Å². The van der Waals surface area contributed by atoms with Crippen molar-refractivity contribution < 1.29 is 14.3 Å². The molecule has 0 unspecified atom stereocenters. The molecule has 0 spiro atoms. The van der Waals surface area contributed by atoms with E-state index >= 15 is 0 Å². The van der Waals surface area contributed by atoms with Gasteiger partial charge in [0.25, 0.3) is 11.8 Å². The number of pyridine rings is 1. The number of ether oxygens (including phenoxy) is 1. The first-order valence-electron chi connectivity index (χ1n) is 9.87. The number of hydrogen-bond acceptors (Lipinski definition) is 5. The molecule has 1 N–H and O–H groups in total. The lowest BCUT2D eigenvalue weighted by Gasteiger charge is -2.32. The monoisotopic (exact) mass is 404 g/mol. The highest BCUT2D eigenvalue weighted by molar-refractivity contribution is 6.07. The van der Waals surface area contributed by atoms with E-state index in [1.165, 1.54) is 7.11 Å². The molecule has 1 aromatic heterocycles. The number of likely N-dealkylation sites (N-methyl/N-ethyl adjacent to an activating group) is 1. The van der Waals surface area contributed by atoms with Gasteiger partial charge in [-0.15, -0.1) is 0 Å². The average Bonchev–Trinajstić information content (AvgIpc) is 2.78. The number of anilines is 1. The van der Waals surface area contributed by atoms with Crippen LogP contribution in [0.25, 0.3) is 10.9 Å². The van der Waals surface area contributed by atoms with Crippen molar-refractivity contribution in [1.82, 2.24) is 14.8 Å². The number of aromatic nitrogens is 1. The Hall–Kier alpha value is -3.45. The van der Waals surface area contributed by atoms with E-state index in [1.807, 2.05) is 30.1 Å². The molecule has 154 valence electrons. The third-order valence-electron chi connectivity index (χ3n) is 5.35. The first kappa shape index (κ1) is 19.8. The minimum Gasteiger partial charge on any atom is -0.495 e. The van der Waals surface area contributed by atoms with E-state index in [0.717, 1.165) is 24.0 Å². The predicted molar refractivity (Wildman–Crippen MR) is 116 cm³/mol. The molecule has 1 fully saturated rings. The lowest BCUT2D eigenvalue weighted by Crippen LogP contribution is -2.47. The number of nitrogens with one attached hydrogen (secondary N) is 1. The van der Waals surface area contributed by atoms with Crippen LogP contribution in [0.5, 0.6) is 5.75 Å². The quantitative estimate of drug-likeness (QED) is 0.724. The Morgan fingerprint density at radius 3 is 2.53 bits per heavy atom. The van der Waals surface area contributed by atoms with Crippen molar-refractivity contribution >= 4 is 28.4 Å². The van der Waals surface area contributed by atoms with Gasteiger partial charge < -0.3 is 19.9 Å². The number of benzene rings is 2. The highest BCUT2D eigenvalue weighted by Crippen LogP contribution is 2.27. The van der Waals surface area contributed by atoms with Gasteiger partial charge in [-0.1, -0.05) is 6.07 Å². The minimum absolute atomic E-state index is 0.0435. The summed E-state index contributed by atoms with van der Waals surface area (Å²) in [5.41, 5.74) is 2.33. The van der Waals surface area contributed by atoms with Gasteiger partial charge in [0, 0.05) is 48.9 Å². The second kappa shape index (κ2) is 8.51.